The summed E-state index contributed by atoms with van der Waals surface area (Å²) >= 11 is 3.15. The Hall–Kier alpha value is -3.98. The van der Waals surface area contributed by atoms with Gasteiger partial charge in [-0.1, -0.05) is 18.2 Å². The molecule has 3 N–H and O–H groups in total. The predicted octanol–water partition coefficient (Wildman–Crippen LogP) is 4.71. The minimum absolute atomic E-state index is 0.116. The number of phenols is 1. The van der Waals surface area contributed by atoms with Crippen LogP contribution in [0.3, 0.4) is 0 Å². The van der Waals surface area contributed by atoms with E-state index in [9.17, 15) is 14.7 Å². The summed E-state index contributed by atoms with van der Waals surface area (Å²) < 4.78 is 5.67. The molecule has 0 spiro atoms. The Morgan fingerprint density at radius 3 is 2.32 bits per heavy atom. The van der Waals surface area contributed by atoms with Gasteiger partial charge in [0.2, 0.25) is 0 Å². The van der Waals surface area contributed by atoms with Crippen LogP contribution >= 0.6 is 15.9 Å². The molecule has 0 bridgehead atoms. The second-order valence-corrected chi connectivity index (χ2v) is 7.22. The molecule has 0 fully saturated rings. The number of carbonyl (C=O) groups excluding carboxylic acids is 2. The molecule has 0 saturated carbocycles. The van der Waals surface area contributed by atoms with E-state index in [0.717, 1.165) is 0 Å². The molecule has 0 aliphatic carbocycles. The number of anilines is 2. The van der Waals surface area contributed by atoms with Crippen molar-refractivity contribution in [3.8, 4) is 17.1 Å². The van der Waals surface area contributed by atoms with Gasteiger partial charge in [0, 0.05) is 16.8 Å². The summed E-state index contributed by atoms with van der Waals surface area (Å²) in [4.78, 5) is 33.2. The summed E-state index contributed by atoms with van der Waals surface area (Å²) in [5.74, 6) is -0.135. The van der Waals surface area contributed by atoms with Gasteiger partial charge < -0.3 is 20.2 Å². The van der Waals surface area contributed by atoms with E-state index in [2.05, 4.69) is 36.5 Å². The zero-order chi connectivity index (χ0) is 21.8. The van der Waals surface area contributed by atoms with Crippen LogP contribution in [0, 0.1) is 0 Å². The molecule has 4 rings (SSSR count). The van der Waals surface area contributed by atoms with Crippen molar-refractivity contribution in [3.63, 3.8) is 0 Å². The van der Waals surface area contributed by atoms with E-state index < -0.39 is 5.91 Å². The maximum atomic E-state index is 12.6. The lowest BCUT2D eigenvalue weighted by molar-refractivity contribution is 0.0992. The number of rotatable bonds is 5. The Morgan fingerprint density at radius 2 is 1.61 bits per heavy atom. The van der Waals surface area contributed by atoms with Crippen molar-refractivity contribution in [2.75, 3.05) is 10.6 Å². The number of furan rings is 1. The van der Waals surface area contributed by atoms with Crippen LogP contribution in [0.25, 0.3) is 11.4 Å². The number of hydrogen-bond acceptors (Lipinski definition) is 6. The number of phenolic OH excluding ortho intramolecular Hbond substituents is 1. The lowest BCUT2D eigenvalue weighted by atomic mass is 10.2. The number of nitrogens with one attached hydrogen (secondary N) is 2. The molecule has 4 aromatic rings. The predicted molar refractivity (Wildman–Crippen MR) is 118 cm³/mol. The number of halogens is 1. The Morgan fingerprint density at radius 1 is 0.871 bits per heavy atom. The lowest BCUT2D eigenvalue weighted by Gasteiger charge is -2.08. The number of hydrogen-bond donors (Lipinski definition) is 3. The summed E-state index contributed by atoms with van der Waals surface area (Å²) in [6.07, 6.45) is 2.95. The summed E-state index contributed by atoms with van der Waals surface area (Å²) in [5, 5.41) is 15.0. The van der Waals surface area contributed by atoms with Crippen molar-refractivity contribution in [3.05, 3.63) is 89.1 Å². The Balaban J connectivity index is 1.44. The van der Waals surface area contributed by atoms with E-state index in [1.807, 2.05) is 0 Å². The number of aromatic nitrogens is 2. The third-order valence-corrected chi connectivity index (χ3v) is 4.62. The molecule has 0 aliphatic heterocycles. The van der Waals surface area contributed by atoms with E-state index in [4.69, 9.17) is 4.42 Å². The minimum Gasteiger partial charge on any atom is -0.508 e. The second kappa shape index (κ2) is 8.80. The summed E-state index contributed by atoms with van der Waals surface area (Å²) in [5.41, 5.74) is 1.85. The third kappa shape index (κ3) is 4.96. The number of nitrogens with zero attached hydrogens (tertiary/aromatic N) is 2. The van der Waals surface area contributed by atoms with E-state index in [1.165, 1.54) is 18.5 Å². The molecular formula is C22H15BrN4O4. The first-order chi connectivity index (χ1) is 15.0. The van der Waals surface area contributed by atoms with Crippen LogP contribution < -0.4 is 10.6 Å². The van der Waals surface area contributed by atoms with E-state index in [1.54, 1.807) is 54.6 Å². The standard InChI is InChI=1S/C22H15BrN4O4/c23-19-8-7-18(31-19)22(30)26-15-5-1-4-14(9-15)21(29)27-16-11-24-20(25-12-16)13-3-2-6-17(28)10-13/h1-12,28H,(H,26,30)(H,27,29). The van der Waals surface area contributed by atoms with Gasteiger partial charge in [0.25, 0.3) is 11.8 Å². The highest BCUT2D eigenvalue weighted by molar-refractivity contribution is 9.10. The number of carbonyl (C=O) groups is 2. The fourth-order valence-electron chi connectivity index (χ4n) is 2.76. The molecule has 0 saturated heterocycles. The van der Waals surface area contributed by atoms with Gasteiger partial charge in [0.15, 0.2) is 16.3 Å². The second-order valence-electron chi connectivity index (χ2n) is 6.44. The van der Waals surface area contributed by atoms with Crippen LogP contribution in [0.1, 0.15) is 20.9 Å². The van der Waals surface area contributed by atoms with Gasteiger partial charge in [-0.15, -0.1) is 0 Å². The molecule has 0 radical (unpaired) electrons. The van der Waals surface area contributed by atoms with Gasteiger partial charge in [-0.3, -0.25) is 9.59 Å². The van der Waals surface area contributed by atoms with Crippen LogP contribution in [-0.4, -0.2) is 26.9 Å². The number of benzene rings is 2. The highest BCUT2D eigenvalue weighted by Crippen LogP contribution is 2.21. The van der Waals surface area contributed by atoms with Crippen molar-refractivity contribution in [1.82, 2.24) is 9.97 Å². The first-order valence-corrected chi connectivity index (χ1v) is 9.87. The van der Waals surface area contributed by atoms with Gasteiger partial charge >= 0.3 is 0 Å². The van der Waals surface area contributed by atoms with E-state index in [-0.39, 0.29) is 17.4 Å². The maximum Gasteiger partial charge on any atom is 0.291 e. The molecule has 8 nitrogen and oxygen atoms in total. The fourth-order valence-corrected chi connectivity index (χ4v) is 3.06. The molecule has 2 aromatic heterocycles. The molecular weight excluding hydrogens is 464 g/mol. The van der Waals surface area contributed by atoms with Gasteiger partial charge in [-0.25, -0.2) is 9.97 Å². The topological polar surface area (TPSA) is 117 Å². The zero-order valence-corrected chi connectivity index (χ0v) is 17.5. The van der Waals surface area contributed by atoms with E-state index >= 15 is 0 Å². The normalized spacial score (nSPS) is 10.5. The van der Waals surface area contributed by atoms with Crippen molar-refractivity contribution in [2.24, 2.45) is 0 Å². The molecule has 2 aromatic carbocycles. The van der Waals surface area contributed by atoms with Gasteiger partial charge in [0.05, 0.1) is 18.1 Å². The zero-order valence-electron chi connectivity index (χ0n) is 15.9. The van der Waals surface area contributed by atoms with Crippen molar-refractivity contribution < 1.29 is 19.1 Å². The lowest BCUT2D eigenvalue weighted by Crippen LogP contribution is -2.14. The summed E-state index contributed by atoms with van der Waals surface area (Å²) in [6.45, 7) is 0. The van der Waals surface area contributed by atoms with Crippen LogP contribution in [0.4, 0.5) is 11.4 Å². The average molecular weight is 479 g/mol. The van der Waals surface area contributed by atoms with E-state index in [0.29, 0.717) is 33.0 Å². The van der Waals surface area contributed by atoms with Crippen molar-refractivity contribution in [2.45, 2.75) is 0 Å². The number of aromatic hydroxyl groups is 1. The quantitative estimate of drug-likeness (QED) is 0.382. The minimum atomic E-state index is -0.431. The highest BCUT2D eigenvalue weighted by Gasteiger charge is 2.13. The largest absolute Gasteiger partial charge is 0.508 e. The van der Waals surface area contributed by atoms with Crippen molar-refractivity contribution >= 4 is 39.1 Å². The van der Waals surface area contributed by atoms with Gasteiger partial charge in [-0.05, 0) is 58.4 Å². The maximum absolute atomic E-state index is 12.6. The smallest absolute Gasteiger partial charge is 0.291 e. The van der Waals surface area contributed by atoms with Gasteiger partial charge in [-0.2, -0.15) is 0 Å². The highest BCUT2D eigenvalue weighted by atomic mass is 79.9. The third-order valence-electron chi connectivity index (χ3n) is 4.19. The molecule has 0 aliphatic rings. The van der Waals surface area contributed by atoms with Crippen LogP contribution in [0.5, 0.6) is 5.75 Å². The van der Waals surface area contributed by atoms with Gasteiger partial charge in [0.1, 0.15) is 5.75 Å². The monoisotopic (exact) mass is 478 g/mol. The van der Waals surface area contributed by atoms with Crippen molar-refractivity contribution in [1.29, 1.82) is 0 Å². The first kappa shape index (κ1) is 20.3. The van der Waals surface area contributed by atoms with Crippen LogP contribution in [0.15, 0.2) is 82.1 Å². The molecule has 0 atom stereocenters. The molecule has 2 heterocycles. The Kier molecular flexibility index (Phi) is 5.76. The Bertz CT molecular complexity index is 1250. The average Bonchev–Trinajstić information content (AvgIpc) is 3.21. The molecule has 9 heteroatoms. The molecule has 0 unspecified atom stereocenters. The Labute approximate surface area is 185 Å². The SMILES string of the molecule is O=C(Nc1cnc(-c2cccc(O)c2)nc1)c1cccc(NC(=O)c2ccc(Br)o2)c1. The molecule has 31 heavy (non-hydrogen) atoms. The molecule has 2 amide bonds. The number of amides is 2. The van der Waals surface area contributed by atoms with Crippen LogP contribution in [-0.2, 0) is 0 Å². The fraction of sp³-hybridized carbons (Fsp3) is 0. The first-order valence-electron chi connectivity index (χ1n) is 9.07. The van der Waals surface area contributed by atoms with Crippen LogP contribution in [0.2, 0.25) is 0 Å². The summed E-state index contributed by atoms with van der Waals surface area (Å²) in [6, 6.07) is 16.2. The molecule has 154 valence electrons. The summed E-state index contributed by atoms with van der Waals surface area (Å²) in [7, 11) is 0.